The van der Waals surface area contributed by atoms with E-state index in [9.17, 15) is 14.4 Å². The van der Waals surface area contributed by atoms with Gasteiger partial charge in [-0.15, -0.1) is 0 Å². The number of carbonyl (C=O) groups excluding carboxylic acids is 3. The molecule has 0 spiro atoms. The van der Waals surface area contributed by atoms with Crippen LogP contribution in [0, 0.1) is 0 Å². The second-order valence-electron chi connectivity index (χ2n) is 7.19. The fourth-order valence-corrected chi connectivity index (χ4v) is 3.35. The van der Waals surface area contributed by atoms with Crippen LogP contribution in [0.15, 0.2) is 48.5 Å². The lowest BCUT2D eigenvalue weighted by Gasteiger charge is -2.15. The van der Waals surface area contributed by atoms with Crippen LogP contribution in [0.5, 0.6) is 0 Å². The lowest BCUT2D eigenvalue weighted by atomic mass is 10.1. The highest BCUT2D eigenvalue weighted by Crippen LogP contribution is 2.22. The molecule has 0 atom stereocenters. The number of benzene rings is 2. The summed E-state index contributed by atoms with van der Waals surface area (Å²) >= 11 is 0. The van der Waals surface area contributed by atoms with E-state index in [2.05, 4.69) is 16.3 Å². The topological polar surface area (TPSA) is 69.7 Å². The van der Waals surface area contributed by atoms with Crippen molar-refractivity contribution in [3.05, 3.63) is 70.8 Å². The number of rotatable bonds is 8. The van der Waals surface area contributed by atoms with E-state index in [1.807, 2.05) is 32.3 Å². The summed E-state index contributed by atoms with van der Waals surface area (Å²) in [6, 6.07) is 14.8. The largest absolute Gasteiger partial charge is 0.352 e. The first-order valence-corrected chi connectivity index (χ1v) is 9.41. The Morgan fingerprint density at radius 3 is 2.11 bits per heavy atom. The lowest BCUT2D eigenvalue weighted by molar-refractivity contribution is -0.121. The smallest absolute Gasteiger partial charge is 0.261 e. The maximum atomic E-state index is 12.3. The Morgan fingerprint density at radius 1 is 0.929 bits per heavy atom. The van der Waals surface area contributed by atoms with Crippen molar-refractivity contribution >= 4 is 17.7 Å². The Hall–Kier alpha value is -2.99. The molecule has 0 saturated carbocycles. The summed E-state index contributed by atoms with van der Waals surface area (Å²) in [5.41, 5.74) is 3.15. The van der Waals surface area contributed by atoms with Gasteiger partial charge in [0, 0.05) is 26.1 Å². The number of hydrogen-bond donors (Lipinski definition) is 1. The molecule has 1 aliphatic rings. The van der Waals surface area contributed by atoms with E-state index in [1.54, 1.807) is 24.3 Å². The highest BCUT2D eigenvalue weighted by atomic mass is 16.2. The number of imide groups is 1. The van der Waals surface area contributed by atoms with Gasteiger partial charge >= 0.3 is 0 Å². The van der Waals surface area contributed by atoms with E-state index >= 15 is 0 Å². The van der Waals surface area contributed by atoms with Crippen LogP contribution < -0.4 is 5.32 Å². The second-order valence-corrected chi connectivity index (χ2v) is 7.19. The van der Waals surface area contributed by atoms with Crippen LogP contribution in [-0.4, -0.2) is 48.2 Å². The molecule has 28 heavy (non-hydrogen) atoms. The molecule has 0 saturated heterocycles. The molecule has 2 aromatic carbocycles. The fraction of sp³-hybridized carbons (Fsp3) is 0.318. The quantitative estimate of drug-likeness (QED) is 0.716. The first-order valence-electron chi connectivity index (χ1n) is 9.41. The molecule has 1 aliphatic heterocycles. The number of fused-ring (bicyclic) bond motifs is 1. The van der Waals surface area contributed by atoms with Crippen molar-refractivity contribution in [1.29, 1.82) is 0 Å². The van der Waals surface area contributed by atoms with Crippen molar-refractivity contribution in [2.45, 2.75) is 25.9 Å². The molecule has 0 aliphatic carbocycles. The van der Waals surface area contributed by atoms with Gasteiger partial charge in [-0.3, -0.25) is 19.3 Å². The molecule has 1 heterocycles. The molecule has 3 rings (SSSR count). The first kappa shape index (κ1) is 19.8. The third kappa shape index (κ3) is 4.46. The number of amides is 3. The van der Waals surface area contributed by atoms with Crippen LogP contribution in [-0.2, 0) is 17.9 Å². The van der Waals surface area contributed by atoms with E-state index in [0.29, 0.717) is 24.1 Å². The van der Waals surface area contributed by atoms with Crippen LogP contribution in [0.25, 0.3) is 0 Å². The van der Waals surface area contributed by atoms with Crippen molar-refractivity contribution in [1.82, 2.24) is 15.1 Å². The molecular weight excluding hydrogens is 354 g/mol. The summed E-state index contributed by atoms with van der Waals surface area (Å²) < 4.78 is 0. The average Bonchev–Trinajstić information content (AvgIpc) is 2.92. The SMILES string of the molecule is CN(C)Cc1ccccc1CNC(=O)CCCN1C(=O)c2ccccc2C1=O. The van der Waals surface area contributed by atoms with Gasteiger partial charge in [0.05, 0.1) is 11.1 Å². The van der Waals surface area contributed by atoms with Gasteiger partial charge in [0.25, 0.3) is 11.8 Å². The summed E-state index contributed by atoms with van der Waals surface area (Å²) in [7, 11) is 4.02. The number of hydrogen-bond acceptors (Lipinski definition) is 4. The number of nitrogens with one attached hydrogen (secondary N) is 1. The summed E-state index contributed by atoms with van der Waals surface area (Å²) in [6.07, 6.45) is 0.708. The number of nitrogens with zero attached hydrogens (tertiary/aromatic N) is 2. The Kier molecular flexibility index (Phi) is 6.21. The Bertz CT molecular complexity index is 857. The molecule has 0 bridgehead atoms. The monoisotopic (exact) mass is 379 g/mol. The van der Waals surface area contributed by atoms with Crippen LogP contribution in [0.2, 0.25) is 0 Å². The normalized spacial score (nSPS) is 13.2. The van der Waals surface area contributed by atoms with Crippen molar-refractivity contribution in [2.24, 2.45) is 0 Å². The third-order valence-electron chi connectivity index (χ3n) is 4.74. The van der Waals surface area contributed by atoms with Gasteiger partial charge < -0.3 is 10.2 Å². The maximum absolute atomic E-state index is 12.3. The van der Waals surface area contributed by atoms with Gasteiger partial charge in [-0.2, -0.15) is 0 Å². The molecule has 0 aromatic heterocycles. The lowest BCUT2D eigenvalue weighted by Crippen LogP contribution is -2.32. The predicted octanol–water partition coefficient (Wildman–Crippen LogP) is 2.44. The maximum Gasteiger partial charge on any atom is 0.261 e. The second kappa shape index (κ2) is 8.80. The van der Waals surface area contributed by atoms with Gasteiger partial charge in [-0.1, -0.05) is 36.4 Å². The third-order valence-corrected chi connectivity index (χ3v) is 4.74. The average molecular weight is 379 g/mol. The van der Waals surface area contributed by atoms with E-state index in [0.717, 1.165) is 12.1 Å². The van der Waals surface area contributed by atoms with E-state index in [1.165, 1.54) is 10.5 Å². The Labute approximate surface area is 165 Å². The van der Waals surface area contributed by atoms with Crippen LogP contribution >= 0.6 is 0 Å². The molecule has 6 heteroatoms. The van der Waals surface area contributed by atoms with Gasteiger partial charge in [0.1, 0.15) is 0 Å². The summed E-state index contributed by atoms with van der Waals surface area (Å²) in [5.74, 6) is -0.645. The van der Waals surface area contributed by atoms with Gasteiger partial charge in [-0.25, -0.2) is 0 Å². The molecule has 0 fully saturated rings. The molecule has 6 nitrogen and oxygen atoms in total. The van der Waals surface area contributed by atoms with E-state index < -0.39 is 0 Å². The summed E-state index contributed by atoms with van der Waals surface area (Å²) in [4.78, 5) is 40.1. The standard InChI is InChI=1S/C22H25N3O3/c1-24(2)15-17-9-4-3-8-16(17)14-23-20(26)12-7-13-25-21(27)18-10-5-6-11-19(18)22(25)28/h3-6,8-11H,7,12-15H2,1-2H3,(H,23,26). The van der Waals surface area contributed by atoms with Crippen molar-refractivity contribution in [3.8, 4) is 0 Å². The van der Waals surface area contributed by atoms with Crippen molar-refractivity contribution in [3.63, 3.8) is 0 Å². The molecule has 0 unspecified atom stereocenters. The minimum atomic E-state index is -0.279. The molecule has 146 valence electrons. The zero-order valence-electron chi connectivity index (χ0n) is 16.3. The molecule has 3 amide bonds. The Balaban J connectivity index is 1.47. The number of carbonyl (C=O) groups is 3. The Morgan fingerprint density at radius 2 is 1.50 bits per heavy atom. The predicted molar refractivity (Wildman–Crippen MR) is 107 cm³/mol. The minimum Gasteiger partial charge on any atom is -0.352 e. The zero-order valence-corrected chi connectivity index (χ0v) is 16.3. The first-order chi connectivity index (χ1) is 13.5. The fourth-order valence-electron chi connectivity index (χ4n) is 3.35. The van der Waals surface area contributed by atoms with Gasteiger partial charge in [0.15, 0.2) is 0 Å². The van der Waals surface area contributed by atoms with E-state index in [-0.39, 0.29) is 30.7 Å². The summed E-state index contributed by atoms with van der Waals surface area (Å²) in [6.45, 7) is 1.53. The van der Waals surface area contributed by atoms with Crippen LogP contribution in [0.4, 0.5) is 0 Å². The zero-order chi connectivity index (χ0) is 20.1. The molecule has 1 N–H and O–H groups in total. The van der Waals surface area contributed by atoms with Crippen LogP contribution in [0.1, 0.15) is 44.7 Å². The summed E-state index contributed by atoms with van der Waals surface area (Å²) in [5, 5.41) is 2.93. The van der Waals surface area contributed by atoms with Crippen LogP contribution in [0.3, 0.4) is 0 Å². The molecular formula is C22H25N3O3. The molecule has 2 aromatic rings. The highest BCUT2D eigenvalue weighted by Gasteiger charge is 2.34. The van der Waals surface area contributed by atoms with Gasteiger partial charge in [-0.05, 0) is 43.8 Å². The minimum absolute atomic E-state index is 0.0868. The molecule has 0 radical (unpaired) electrons. The van der Waals surface area contributed by atoms with Crippen molar-refractivity contribution < 1.29 is 14.4 Å². The van der Waals surface area contributed by atoms with Gasteiger partial charge in [0.2, 0.25) is 5.91 Å². The van der Waals surface area contributed by atoms with E-state index in [4.69, 9.17) is 0 Å². The van der Waals surface area contributed by atoms with Crippen molar-refractivity contribution in [2.75, 3.05) is 20.6 Å². The highest BCUT2D eigenvalue weighted by molar-refractivity contribution is 6.21.